The summed E-state index contributed by atoms with van der Waals surface area (Å²) in [6.45, 7) is 1.55. The second-order valence-corrected chi connectivity index (χ2v) is 10.5. The van der Waals surface area contributed by atoms with E-state index in [9.17, 15) is 23.9 Å². The van der Waals surface area contributed by atoms with Crippen LogP contribution in [0.15, 0.2) is 53.5 Å². The van der Waals surface area contributed by atoms with Crippen LogP contribution in [0.5, 0.6) is 0 Å². The van der Waals surface area contributed by atoms with Crippen LogP contribution in [0.1, 0.15) is 39.5 Å². The second kappa shape index (κ2) is 10.6. The summed E-state index contributed by atoms with van der Waals surface area (Å²) in [5.41, 5.74) is 16.2. The molecule has 4 aromatic rings. The Hall–Kier alpha value is -5.11. The Kier molecular flexibility index (Phi) is 6.92. The molecule has 0 aliphatic carbocycles. The zero-order valence-electron chi connectivity index (χ0n) is 23.1. The number of carbonyl (C=O) groups is 2. The van der Waals surface area contributed by atoms with Gasteiger partial charge in [-0.05, 0) is 47.9 Å². The topological polar surface area (TPSA) is 192 Å². The number of esters is 1. The van der Waals surface area contributed by atoms with Gasteiger partial charge in [-0.2, -0.15) is 0 Å². The van der Waals surface area contributed by atoms with E-state index in [1.807, 2.05) is 0 Å². The molecule has 0 saturated heterocycles. The van der Waals surface area contributed by atoms with Crippen molar-refractivity contribution in [1.82, 2.24) is 14.6 Å². The molecule has 1 atom stereocenters. The number of carbonyl (C=O) groups excluding carboxylic acids is 2. The Morgan fingerprint density at radius 2 is 1.98 bits per heavy atom. The van der Waals surface area contributed by atoms with Crippen LogP contribution in [0.3, 0.4) is 0 Å². The van der Waals surface area contributed by atoms with Crippen molar-refractivity contribution in [2.45, 2.75) is 32.7 Å². The number of pyridine rings is 2. The van der Waals surface area contributed by atoms with Crippen molar-refractivity contribution in [2.24, 2.45) is 17.3 Å². The number of hydrazine groups is 1. The van der Waals surface area contributed by atoms with Crippen LogP contribution < -0.4 is 28.2 Å². The van der Waals surface area contributed by atoms with E-state index in [0.29, 0.717) is 55.9 Å². The summed E-state index contributed by atoms with van der Waals surface area (Å²) in [5.74, 6) is 4.84. The van der Waals surface area contributed by atoms with Crippen molar-refractivity contribution in [2.75, 3.05) is 11.9 Å². The molecule has 8 N–H and O–H groups in total. The third-order valence-electron chi connectivity index (χ3n) is 7.69. The molecule has 2 aromatic heterocycles. The number of aliphatic hydroxyl groups excluding tert-OH is 1. The Labute approximate surface area is 244 Å². The molecule has 1 unspecified atom stereocenters. The molecule has 2 aliphatic rings. The molecule has 43 heavy (non-hydrogen) atoms. The molecular formula is C30H28FN7O5. The number of aromatic nitrogens is 2. The van der Waals surface area contributed by atoms with Gasteiger partial charge < -0.3 is 36.2 Å². The monoisotopic (exact) mass is 585 g/mol. The number of hydrogen-bond donors (Lipinski definition) is 5. The molecule has 4 heterocycles. The maximum Gasteiger partial charge on any atom is 0.340 e. The van der Waals surface area contributed by atoms with Gasteiger partial charge in [0.15, 0.2) is 6.10 Å². The highest BCUT2D eigenvalue weighted by atomic mass is 19.1. The number of nitrogens with zero attached hydrogens (tertiary/aromatic N) is 3. The Morgan fingerprint density at radius 3 is 2.70 bits per heavy atom. The molecule has 2 aromatic carbocycles. The Bertz CT molecular complexity index is 1920. The van der Waals surface area contributed by atoms with Crippen molar-refractivity contribution < 1.29 is 23.8 Å². The summed E-state index contributed by atoms with van der Waals surface area (Å²) in [7, 11) is 0. The number of cyclic esters (lactones) is 1. The van der Waals surface area contributed by atoms with Crippen LogP contribution in [-0.4, -0.2) is 38.1 Å². The van der Waals surface area contributed by atoms with Crippen molar-refractivity contribution in [3.05, 3.63) is 98.2 Å². The molecule has 1 amide bonds. The summed E-state index contributed by atoms with van der Waals surface area (Å²) in [6.07, 6.45) is -0.0422. The number of aliphatic hydroxyl groups is 1. The predicted molar refractivity (Wildman–Crippen MR) is 156 cm³/mol. The zero-order chi connectivity index (χ0) is 30.6. The third kappa shape index (κ3) is 4.88. The van der Waals surface area contributed by atoms with Crippen molar-refractivity contribution >= 4 is 34.2 Å². The number of fused-ring (bicyclic) bond motifs is 5. The van der Waals surface area contributed by atoms with E-state index >= 15 is 0 Å². The zero-order valence-corrected chi connectivity index (χ0v) is 23.1. The molecule has 2 aliphatic heterocycles. The minimum absolute atomic E-state index is 0.129. The van der Waals surface area contributed by atoms with Crippen molar-refractivity contribution in [3.63, 3.8) is 0 Å². The van der Waals surface area contributed by atoms with E-state index in [-0.39, 0.29) is 43.3 Å². The van der Waals surface area contributed by atoms with Crippen LogP contribution in [0.25, 0.3) is 28.0 Å². The molecule has 0 fully saturated rings. The number of halogens is 1. The molecule has 13 heteroatoms. The SMILES string of the molecule is Cc1cc2c(CN(N)/C=C(\N)c3ccc(NC(=O)CN)cc3)c3c(nc2cc1F)-c1cc2c(c(=O)n1C3)COC(=O)C2O. The average molecular weight is 586 g/mol. The summed E-state index contributed by atoms with van der Waals surface area (Å²) in [5, 5.41) is 15.1. The lowest BCUT2D eigenvalue weighted by Gasteiger charge is -2.21. The van der Waals surface area contributed by atoms with E-state index in [2.05, 4.69) is 5.32 Å². The molecule has 6 rings (SSSR count). The maximum absolute atomic E-state index is 14.7. The number of rotatable bonds is 6. The minimum Gasteiger partial charge on any atom is -0.458 e. The third-order valence-corrected chi connectivity index (χ3v) is 7.69. The summed E-state index contributed by atoms with van der Waals surface area (Å²) in [6, 6.07) is 11.4. The van der Waals surface area contributed by atoms with E-state index in [1.54, 1.807) is 49.5 Å². The Morgan fingerprint density at radius 1 is 1.23 bits per heavy atom. The number of nitrogens with one attached hydrogen (secondary N) is 1. The van der Waals surface area contributed by atoms with Gasteiger partial charge in [-0.1, -0.05) is 12.1 Å². The van der Waals surface area contributed by atoms with Gasteiger partial charge in [0.2, 0.25) is 5.91 Å². The highest BCUT2D eigenvalue weighted by Crippen LogP contribution is 2.38. The fourth-order valence-electron chi connectivity index (χ4n) is 5.46. The quantitative estimate of drug-likeness (QED) is 0.111. The lowest BCUT2D eigenvalue weighted by Crippen LogP contribution is -2.32. The van der Waals surface area contributed by atoms with Crippen LogP contribution in [0, 0.1) is 12.7 Å². The van der Waals surface area contributed by atoms with E-state index in [0.717, 1.165) is 0 Å². The average Bonchev–Trinajstić information content (AvgIpc) is 3.35. The standard InChI is InChI=1S/C30H28FN7O5/c1-14-6-17-19(10-37(34)12-23(33)15-2-4-16(5-3-15)35-26(39)9-32)20-11-38-25(27(20)36-24(17)8-22(14)31)7-18-21(29(38)41)13-43-30(42)28(18)40/h2-8,12,28,40H,9-11,13,32-34H2,1H3,(H,35,39)/b23-12-. The molecule has 12 nitrogen and oxygen atoms in total. The van der Waals surface area contributed by atoms with Gasteiger partial charge in [0, 0.05) is 34.5 Å². The van der Waals surface area contributed by atoms with E-state index in [4.69, 9.17) is 27.0 Å². The largest absolute Gasteiger partial charge is 0.458 e. The van der Waals surface area contributed by atoms with Gasteiger partial charge >= 0.3 is 5.97 Å². The van der Waals surface area contributed by atoms with Gasteiger partial charge in [0.1, 0.15) is 12.4 Å². The fraction of sp³-hybridized carbons (Fsp3) is 0.200. The first kappa shape index (κ1) is 28.0. The lowest BCUT2D eigenvalue weighted by molar-refractivity contribution is -0.157. The van der Waals surface area contributed by atoms with Crippen LogP contribution in [0.2, 0.25) is 0 Å². The molecule has 0 bridgehead atoms. The number of anilines is 1. The smallest absolute Gasteiger partial charge is 0.340 e. The number of aryl methyl sites for hydroxylation is 1. The number of nitrogens with two attached hydrogens (primary N) is 3. The van der Waals surface area contributed by atoms with Gasteiger partial charge in [0.05, 0.1) is 47.8 Å². The number of amides is 1. The summed E-state index contributed by atoms with van der Waals surface area (Å²) in [4.78, 5) is 41.7. The van der Waals surface area contributed by atoms with Gasteiger partial charge in [-0.3, -0.25) is 9.59 Å². The van der Waals surface area contributed by atoms with Crippen LogP contribution in [-0.2, 0) is 34.0 Å². The predicted octanol–water partition coefficient (Wildman–Crippen LogP) is 1.49. The summed E-state index contributed by atoms with van der Waals surface area (Å²) >= 11 is 0. The normalized spacial score (nSPS) is 15.5. The van der Waals surface area contributed by atoms with E-state index in [1.165, 1.54) is 15.6 Å². The summed E-state index contributed by atoms with van der Waals surface area (Å²) < 4.78 is 21.2. The first-order valence-electron chi connectivity index (χ1n) is 13.4. The van der Waals surface area contributed by atoms with Gasteiger partial charge in [0.25, 0.3) is 5.56 Å². The minimum atomic E-state index is -1.59. The molecular weight excluding hydrogens is 557 g/mol. The van der Waals surface area contributed by atoms with Crippen LogP contribution in [0.4, 0.5) is 10.1 Å². The first-order chi connectivity index (χ1) is 20.5. The van der Waals surface area contributed by atoms with Crippen LogP contribution >= 0.6 is 0 Å². The van der Waals surface area contributed by atoms with Crippen molar-refractivity contribution in [3.8, 4) is 11.4 Å². The number of ether oxygens (including phenoxy) is 1. The fourth-order valence-corrected chi connectivity index (χ4v) is 5.46. The lowest BCUT2D eigenvalue weighted by atomic mass is 9.97. The van der Waals surface area contributed by atoms with Gasteiger partial charge in [-0.25, -0.2) is 20.0 Å². The maximum atomic E-state index is 14.7. The van der Waals surface area contributed by atoms with E-state index < -0.39 is 23.4 Å². The number of benzene rings is 2. The van der Waals surface area contributed by atoms with Crippen molar-refractivity contribution in [1.29, 1.82) is 0 Å². The molecule has 0 spiro atoms. The molecule has 0 radical (unpaired) electrons. The molecule has 0 saturated carbocycles. The van der Waals surface area contributed by atoms with Gasteiger partial charge in [-0.15, -0.1) is 0 Å². The number of hydrogen-bond acceptors (Lipinski definition) is 10. The Balaban J connectivity index is 1.40. The first-order valence-corrected chi connectivity index (χ1v) is 13.4. The highest BCUT2D eigenvalue weighted by Gasteiger charge is 2.35. The second-order valence-electron chi connectivity index (χ2n) is 10.5. The molecule has 220 valence electrons. The highest BCUT2D eigenvalue weighted by molar-refractivity contribution is 5.92.